The van der Waals surface area contributed by atoms with E-state index in [1.165, 1.54) is 0 Å². The van der Waals surface area contributed by atoms with Crippen molar-refractivity contribution in [2.75, 3.05) is 6.61 Å². The van der Waals surface area contributed by atoms with Gasteiger partial charge in [0.2, 0.25) is 0 Å². The van der Waals surface area contributed by atoms with Crippen LogP contribution in [0.15, 0.2) is 0 Å². The lowest BCUT2D eigenvalue weighted by atomic mass is 9.82. The predicted molar refractivity (Wildman–Crippen MR) is 58.9 cm³/mol. The highest BCUT2D eigenvalue weighted by atomic mass is 16.5. The van der Waals surface area contributed by atoms with E-state index in [2.05, 4.69) is 0 Å². The van der Waals surface area contributed by atoms with Crippen LogP contribution in [0.25, 0.3) is 0 Å². The van der Waals surface area contributed by atoms with Crippen molar-refractivity contribution in [2.45, 2.75) is 39.5 Å². The molecule has 1 aliphatic rings. The van der Waals surface area contributed by atoms with Gasteiger partial charge < -0.3 is 9.84 Å². The third-order valence-corrected chi connectivity index (χ3v) is 2.97. The average molecular weight is 228 g/mol. The Morgan fingerprint density at radius 1 is 1.19 bits per heavy atom. The fourth-order valence-electron chi connectivity index (χ4n) is 1.94. The van der Waals surface area contributed by atoms with Gasteiger partial charge in [0, 0.05) is 0 Å². The molecule has 1 N–H and O–H groups in total. The van der Waals surface area contributed by atoms with Crippen molar-refractivity contribution in [3.05, 3.63) is 0 Å². The van der Waals surface area contributed by atoms with Crippen LogP contribution < -0.4 is 0 Å². The molecule has 0 unspecified atom stereocenters. The van der Waals surface area contributed by atoms with Gasteiger partial charge in [-0.2, -0.15) is 0 Å². The molecule has 0 bridgehead atoms. The van der Waals surface area contributed by atoms with Crippen LogP contribution >= 0.6 is 0 Å². The molecule has 0 aromatic rings. The first kappa shape index (κ1) is 13.0. The van der Waals surface area contributed by atoms with Crippen LogP contribution in [0.3, 0.4) is 0 Å². The second-order valence-electron chi connectivity index (χ2n) is 4.91. The molecule has 16 heavy (non-hydrogen) atoms. The van der Waals surface area contributed by atoms with Gasteiger partial charge in [0.15, 0.2) is 0 Å². The smallest absolute Gasteiger partial charge is 0.308 e. The molecule has 1 aliphatic carbocycles. The number of ether oxygens (including phenoxy) is 1. The predicted octanol–water partition coefficient (Wildman–Crippen LogP) is 2.08. The zero-order valence-electron chi connectivity index (χ0n) is 9.94. The van der Waals surface area contributed by atoms with E-state index in [0.29, 0.717) is 38.2 Å². The van der Waals surface area contributed by atoms with Gasteiger partial charge in [-0.15, -0.1) is 0 Å². The van der Waals surface area contributed by atoms with Crippen molar-refractivity contribution >= 4 is 11.9 Å². The van der Waals surface area contributed by atoms with Crippen LogP contribution in [0.4, 0.5) is 0 Å². The molecule has 92 valence electrons. The van der Waals surface area contributed by atoms with Crippen molar-refractivity contribution < 1.29 is 19.4 Å². The summed E-state index contributed by atoms with van der Waals surface area (Å²) in [4.78, 5) is 22.3. The molecule has 0 amide bonds. The topological polar surface area (TPSA) is 63.6 Å². The summed E-state index contributed by atoms with van der Waals surface area (Å²) in [5.74, 6) is -0.908. The Hall–Kier alpha value is -1.06. The van der Waals surface area contributed by atoms with Gasteiger partial charge in [-0.25, -0.2) is 0 Å². The summed E-state index contributed by atoms with van der Waals surface area (Å²) < 4.78 is 5.15. The molecule has 0 saturated heterocycles. The Balaban J connectivity index is 2.30. The first-order chi connectivity index (χ1) is 7.50. The van der Waals surface area contributed by atoms with Crippen LogP contribution in [0.2, 0.25) is 0 Å². The molecule has 1 fully saturated rings. The second-order valence-corrected chi connectivity index (χ2v) is 4.91. The highest BCUT2D eigenvalue weighted by Crippen LogP contribution is 2.29. The van der Waals surface area contributed by atoms with E-state index in [4.69, 9.17) is 9.84 Å². The Morgan fingerprint density at radius 2 is 1.69 bits per heavy atom. The normalized spacial score (nSPS) is 25.4. The number of carbonyl (C=O) groups excluding carboxylic acids is 1. The Labute approximate surface area is 96.0 Å². The third kappa shape index (κ3) is 3.83. The molecule has 0 aliphatic heterocycles. The fraction of sp³-hybridized carbons (Fsp3) is 0.833. The second kappa shape index (κ2) is 5.87. The minimum absolute atomic E-state index is 0.0886. The molecule has 0 heterocycles. The molecule has 1 rings (SSSR count). The summed E-state index contributed by atoms with van der Waals surface area (Å²) in [5.41, 5.74) is 0. The molecule has 0 aromatic heterocycles. The van der Waals surface area contributed by atoms with Crippen molar-refractivity contribution in [3.63, 3.8) is 0 Å². The Kier molecular flexibility index (Phi) is 4.77. The van der Waals surface area contributed by atoms with E-state index >= 15 is 0 Å². The van der Waals surface area contributed by atoms with E-state index in [9.17, 15) is 9.59 Å². The molecule has 4 heteroatoms. The minimum atomic E-state index is -0.742. The number of aliphatic carboxylic acids is 1. The van der Waals surface area contributed by atoms with E-state index in [1.54, 1.807) is 0 Å². The first-order valence-electron chi connectivity index (χ1n) is 5.90. The number of hydrogen-bond donors (Lipinski definition) is 1. The van der Waals surface area contributed by atoms with Crippen LogP contribution in [0.5, 0.6) is 0 Å². The molecule has 0 atom stereocenters. The molecule has 0 spiro atoms. The minimum Gasteiger partial charge on any atom is -0.481 e. The summed E-state index contributed by atoms with van der Waals surface area (Å²) >= 11 is 0. The number of hydrogen-bond acceptors (Lipinski definition) is 3. The third-order valence-electron chi connectivity index (χ3n) is 2.97. The maximum atomic E-state index is 11.6. The van der Waals surface area contributed by atoms with Crippen molar-refractivity contribution in [1.82, 2.24) is 0 Å². The maximum Gasteiger partial charge on any atom is 0.308 e. The largest absolute Gasteiger partial charge is 0.481 e. The number of esters is 1. The lowest BCUT2D eigenvalue weighted by molar-refractivity contribution is -0.153. The summed E-state index contributed by atoms with van der Waals surface area (Å²) in [7, 11) is 0. The fourth-order valence-corrected chi connectivity index (χ4v) is 1.94. The van der Waals surface area contributed by atoms with E-state index in [0.717, 1.165) is 0 Å². The van der Waals surface area contributed by atoms with Gasteiger partial charge in [-0.05, 0) is 31.6 Å². The highest BCUT2D eigenvalue weighted by Gasteiger charge is 2.30. The van der Waals surface area contributed by atoms with Crippen molar-refractivity contribution in [3.8, 4) is 0 Å². The molecule has 1 saturated carbocycles. The van der Waals surface area contributed by atoms with Crippen molar-refractivity contribution in [1.29, 1.82) is 0 Å². The lowest BCUT2D eigenvalue weighted by Gasteiger charge is -2.24. The monoisotopic (exact) mass is 228 g/mol. The van der Waals surface area contributed by atoms with Gasteiger partial charge in [0.25, 0.3) is 0 Å². The lowest BCUT2D eigenvalue weighted by Crippen LogP contribution is -2.27. The zero-order valence-corrected chi connectivity index (χ0v) is 9.94. The van der Waals surface area contributed by atoms with Gasteiger partial charge in [0.05, 0.1) is 18.4 Å². The molecular formula is C12H20O4. The molecule has 0 radical (unpaired) electrons. The first-order valence-corrected chi connectivity index (χ1v) is 5.90. The van der Waals surface area contributed by atoms with Gasteiger partial charge in [0.1, 0.15) is 0 Å². The van der Waals surface area contributed by atoms with E-state index in [1.807, 2.05) is 13.8 Å². The van der Waals surface area contributed by atoms with E-state index in [-0.39, 0.29) is 17.8 Å². The summed E-state index contributed by atoms with van der Waals surface area (Å²) in [6, 6.07) is 0. The number of carboxylic acids is 1. The van der Waals surface area contributed by atoms with Crippen LogP contribution in [-0.2, 0) is 14.3 Å². The maximum absolute atomic E-state index is 11.6. The number of rotatable bonds is 4. The average Bonchev–Trinajstić information content (AvgIpc) is 2.26. The Morgan fingerprint density at radius 3 is 2.12 bits per heavy atom. The summed E-state index contributed by atoms with van der Waals surface area (Å²) in [6.07, 6.45) is 2.48. The number of carbonyl (C=O) groups is 2. The summed E-state index contributed by atoms with van der Waals surface area (Å²) in [5, 5.41) is 8.82. The highest BCUT2D eigenvalue weighted by molar-refractivity contribution is 5.74. The van der Waals surface area contributed by atoms with Gasteiger partial charge in [-0.3, -0.25) is 9.59 Å². The van der Waals surface area contributed by atoms with Gasteiger partial charge in [-0.1, -0.05) is 13.8 Å². The van der Waals surface area contributed by atoms with Crippen LogP contribution in [0, 0.1) is 17.8 Å². The SMILES string of the molecule is CC(C)COC(=O)C1CCC(C(=O)O)CC1. The van der Waals surface area contributed by atoms with E-state index < -0.39 is 5.97 Å². The zero-order chi connectivity index (χ0) is 12.1. The molecular weight excluding hydrogens is 208 g/mol. The van der Waals surface area contributed by atoms with Crippen LogP contribution in [-0.4, -0.2) is 23.7 Å². The number of carboxylic acid groups (broad SMARTS) is 1. The molecule has 4 nitrogen and oxygen atoms in total. The van der Waals surface area contributed by atoms with Gasteiger partial charge >= 0.3 is 11.9 Å². The standard InChI is InChI=1S/C12H20O4/c1-8(2)7-16-12(15)10-5-3-9(4-6-10)11(13)14/h8-10H,3-7H2,1-2H3,(H,13,14). The Bertz CT molecular complexity index is 252. The quantitative estimate of drug-likeness (QED) is 0.748. The van der Waals surface area contributed by atoms with Crippen molar-refractivity contribution in [2.24, 2.45) is 17.8 Å². The summed E-state index contributed by atoms with van der Waals surface area (Å²) in [6.45, 7) is 4.45. The van der Waals surface area contributed by atoms with Crippen LogP contribution in [0.1, 0.15) is 39.5 Å². The molecule has 0 aromatic carbocycles.